The molecule has 0 heterocycles. The van der Waals surface area contributed by atoms with Crippen molar-refractivity contribution >= 4 is 0 Å². The van der Waals surface area contributed by atoms with E-state index in [1.807, 2.05) is 0 Å². The standard InChI is InChI=1S/C8H5F4/c1-5-2-6(8(10,11)12)4-7(9)3-5/h2-4H,1H2. The van der Waals surface area contributed by atoms with Gasteiger partial charge in [-0.15, -0.1) is 0 Å². The van der Waals surface area contributed by atoms with E-state index in [2.05, 4.69) is 6.92 Å². The summed E-state index contributed by atoms with van der Waals surface area (Å²) in [6.45, 7) is 3.22. The minimum Gasteiger partial charge on any atom is -0.207 e. The smallest absolute Gasteiger partial charge is 0.207 e. The van der Waals surface area contributed by atoms with Crippen LogP contribution in [-0.2, 0) is 6.18 Å². The Balaban J connectivity index is 3.18. The van der Waals surface area contributed by atoms with Gasteiger partial charge in [0.25, 0.3) is 0 Å². The lowest BCUT2D eigenvalue weighted by atomic mass is 10.1. The van der Waals surface area contributed by atoms with Crippen molar-refractivity contribution < 1.29 is 17.6 Å². The molecule has 0 aliphatic rings. The number of alkyl halides is 3. The summed E-state index contributed by atoms with van der Waals surface area (Å²) >= 11 is 0. The summed E-state index contributed by atoms with van der Waals surface area (Å²) in [5.41, 5.74) is -0.991. The fourth-order valence-corrected chi connectivity index (χ4v) is 0.814. The quantitative estimate of drug-likeness (QED) is 0.534. The van der Waals surface area contributed by atoms with Gasteiger partial charge in [0, 0.05) is 0 Å². The number of halogens is 4. The maximum atomic E-state index is 12.4. The molecule has 0 atom stereocenters. The first-order valence-electron chi connectivity index (χ1n) is 3.09. The van der Waals surface area contributed by atoms with Gasteiger partial charge >= 0.3 is 6.18 Å². The highest BCUT2D eigenvalue weighted by Crippen LogP contribution is 2.30. The molecule has 0 N–H and O–H groups in total. The Labute approximate surface area is 66.8 Å². The highest BCUT2D eigenvalue weighted by Gasteiger charge is 2.30. The van der Waals surface area contributed by atoms with Crippen molar-refractivity contribution in [3.8, 4) is 0 Å². The van der Waals surface area contributed by atoms with Crippen molar-refractivity contribution in [3.63, 3.8) is 0 Å². The molecular formula is C8H5F4. The Morgan fingerprint density at radius 1 is 1.08 bits per heavy atom. The molecule has 0 fully saturated rings. The second-order valence-corrected chi connectivity index (χ2v) is 2.35. The molecule has 1 rings (SSSR count). The summed E-state index contributed by atoms with van der Waals surface area (Å²) < 4.78 is 48.3. The van der Waals surface area contributed by atoms with Crippen LogP contribution in [0.1, 0.15) is 11.1 Å². The molecule has 4 heteroatoms. The van der Waals surface area contributed by atoms with Gasteiger partial charge in [0.1, 0.15) is 5.82 Å². The average molecular weight is 177 g/mol. The summed E-state index contributed by atoms with van der Waals surface area (Å²) in [5.74, 6) is -0.921. The van der Waals surface area contributed by atoms with E-state index in [1.165, 1.54) is 0 Å². The minimum atomic E-state index is -4.51. The number of rotatable bonds is 0. The average Bonchev–Trinajstić information content (AvgIpc) is 1.82. The third-order valence-corrected chi connectivity index (χ3v) is 1.28. The van der Waals surface area contributed by atoms with Gasteiger partial charge < -0.3 is 0 Å². The normalized spacial score (nSPS) is 11.8. The molecule has 1 aromatic carbocycles. The Morgan fingerprint density at radius 2 is 1.67 bits per heavy atom. The molecule has 0 saturated carbocycles. The Hall–Kier alpha value is -1.06. The van der Waals surface area contributed by atoms with Crippen LogP contribution in [0.5, 0.6) is 0 Å². The summed E-state index contributed by atoms with van der Waals surface area (Å²) in [7, 11) is 0. The van der Waals surface area contributed by atoms with Gasteiger partial charge in [0.05, 0.1) is 5.56 Å². The third kappa shape index (κ3) is 1.96. The maximum absolute atomic E-state index is 12.4. The molecule has 0 amide bonds. The molecule has 12 heavy (non-hydrogen) atoms. The van der Waals surface area contributed by atoms with E-state index in [0.29, 0.717) is 6.07 Å². The van der Waals surface area contributed by atoms with Crippen LogP contribution in [0.4, 0.5) is 17.6 Å². The molecule has 65 valence electrons. The van der Waals surface area contributed by atoms with E-state index >= 15 is 0 Å². The van der Waals surface area contributed by atoms with Gasteiger partial charge in [0.2, 0.25) is 0 Å². The highest BCUT2D eigenvalue weighted by atomic mass is 19.4. The van der Waals surface area contributed by atoms with Gasteiger partial charge in [0.15, 0.2) is 0 Å². The van der Waals surface area contributed by atoms with Crippen molar-refractivity contribution in [3.05, 3.63) is 42.1 Å². The lowest BCUT2D eigenvalue weighted by Crippen LogP contribution is -2.05. The minimum absolute atomic E-state index is 0.0160. The Kier molecular flexibility index (Phi) is 2.08. The maximum Gasteiger partial charge on any atom is 0.416 e. The van der Waals surface area contributed by atoms with Crippen LogP contribution >= 0.6 is 0 Å². The van der Waals surface area contributed by atoms with Crippen LogP contribution in [0.2, 0.25) is 0 Å². The fraction of sp³-hybridized carbons (Fsp3) is 0.125. The van der Waals surface area contributed by atoms with Crippen molar-refractivity contribution in [1.29, 1.82) is 0 Å². The van der Waals surface area contributed by atoms with E-state index in [-0.39, 0.29) is 5.56 Å². The number of hydrogen-bond acceptors (Lipinski definition) is 0. The summed E-state index contributed by atoms with van der Waals surface area (Å²) in [4.78, 5) is 0. The third-order valence-electron chi connectivity index (χ3n) is 1.28. The molecule has 1 radical (unpaired) electrons. The predicted octanol–water partition coefficient (Wildman–Crippen LogP) is 3.03. The SMILES string of the molecule is [CH2]c1cc(F)cc(C(F)(F)F)c1. The second kappa shape index (κ2) is 2.77. The van der Waals surface area contributed by atoms with Gasteiger partial charge in [-0.1, -0.05) is 0 Å². The molecule has 0 aliphatic heterocycles. The first-order chi connectivity index (χ1) is 5.39. The van der Waals surface area contributed by atoms with Gasteiger partial charge in [-0.05, 0) is 30.7 Å². The summed E-state index contributed by atoms with van der Waals surface area (Å²) in [6.07, 6.45) is -4.51. The molecule has 0 unspecified atom stereocenters. The molecule has 0 saturated heterocycles. The summed E-state index contributed by atoms with van der Waals surface area (Å²) in [5, 5.41) is 0. The fourth-order valence-electron chi connectivity index (χ4n) is 0.814. The predicted molar refractivity (Wildman–Crippen MR) is 35.9 cm³/mol. The first-order valence-corrected chi connectivity index (χ1v) is 3.09. The van der Waals surface area contributed by atoms with Crippen LogP contribution < -0.4 is 0 Å². The molecule has 0 nitrogen and oxygen atoms in total. The van der Waals surface area contributed by atoms with Crippen molar-refractivity contribution in [2.24, 2.45) is 0 Å². The number of hydrogen-bond donors (Lipinski definition) is 0. The Morgan fingerprint density at radius 3 is 2.08 bits per heavy atom. The van der Waals surface area contributed by atoms with Crippen LogP contribution in [0.25, 0.3) is 0 Å². The monoisotopic (exact) mass is 177 g/mol. The number of benzene rings is 1. The largest absolute Gasteiger partial charge is 0.416 e. The van der Waals surface area contributed by atoms with Gasteiger partial charge in [-0.2, -0.15) is 13.2 Å². The lowest BCUT2D eigenvalue weighted by Gasteiger charge is -2.06. The molecule has 0 aliphatic carbocycles. The topological polar surface area (TPSA) is 0 Å². The molecule has 1 aromatic rings. The second-order valence-electron chi connectivity index (χ2n) is 2.35. The zero-order valence-corrected chi connectivity index (χ0v) is 5.95. The van der Waals surface area contributed by atoms with E-state index in [1.54, 1.807) is 0 Å². The van der Waals surface area contributed by atoms with Crippen LogP contribution in [0.3, 0.4) is 0 Å². The summed E-state index contributed by atoms with van der Waals surface area (Å²) in [6, 6.07) is 2.17. The van der Waals surface area contributed by atoms with Gasteiger partial charge in [-0.3, -0.25) is 0 Å². The van der Waals surface area contributed by atoms with E-state index < -0.39 is 17.6 Å². The van der Waals surface area contributed by atoms with Crippen molar-refractivity contribution in [1.82, 2.24) is 0 Å². The van der Waals surface area contributed by atoms with E-state index in [9.17, 15) is 17.6 Å². The van der Waals surface area contributed by atoms with Crippen LogP contribution in [0.15, 0.2) is 18.2 Å². The Bertz CT molecular complexity index is 267. The highest BCUT2D eigenvalue weighted by molar-refractivity contribution is 5.28. The van der Waals surface area contributed by atoms with Crippen molar-refractivity contribution in [2.75, 3.05) is 0 Å². The lowest BCUT2D eigenvalue weighted by molar-refractivity contribution is -0.137. The molecule has 0 aromatic heterocycles. The molecular weight excluding hydrogens is 172 g/mol. The van der Waals surface area contributed by atoms with Crippen molar-refractivity contribution in [2.45, 2.75) is 6.18 Å². The van der Waals surface area contributed by atoms with Gasteiger partial charge in [-0.25, -0.2) is 4.39 Å². The van der Waals surface area contributed by atoms with Crippen LogP contribution in [-0.4, -0.2) is 0 Å². The zero-order chi connectivity index (χ0) is 9.35. The van der Waals surface area contributed by atoms with E-state index in [4.69, 9.17) is 0 Å². The van der Waals surface area contributed by atoms with Crippen LogP contribution in [0, 0.1) is 12.7 Å². The zero-order valence-electron chi connectivity index (χ0n) is 5.95. The van der Waals surface area contributed by atoms with E-state index in [0.717, 1.165) is 12.1 Å². The molecule has 0 bridgehead atoms. The molecule has 0 spiro atoms. The first kappa shape index (κ1) is 9.03.